The number of halogens is 2. The van der Waals surface area contributed by atoms with Crippen molar-refractivity contribution in [2.45, 2.75) is 36.2 Å². The summed E-state index contributed by atoms with van der Waals surface area (Å²) in [6, 6.07) is 8.85. The molecule has 0 bridgehead atoms. The molecule has 26 heavy (non-hydrogen) atoms. The van der Waals surface area contributed by atoms with E-state index in [4.69, 9.17) is 0 Å². The molecule has 1 aromatic heterocycles. The molecule has 0 saturated heterocycles. The van der Waals surface area contributed by atoms with Crippen LogP contribution < -0.4 is 24.8 Å². The second kappa shape index (κ2) is 9.83. The Morgan fingerprint density at radius 3 is 2.69 bits per heavy atom. The van der Waals surface area contributed by atoms with E-state index in [-0.39, 0.29) is 24.8 Å². The third-order valence-electron chi connectivity index (χ3n) is 4.77. The fourth-order valence-corrected chi connectivity index (χ4v) is 7.86. The van der Waals surface area contributed by atoms with E-state index in [1.54, 1.807) is 8.85 Å². The van der Waals surface area contributed by atoms with Crippen LogP contribution in [0.4, 0.5) is 0 Å². The second-order valence-corrected chi connectivity index (χ2v) is 9.97. The van der Waals surface area contributed by atoms with E-state index in [0.717, 1.165) is 0 Å². The standard InChI is InChI=1S/C11H8N3.C9H13.2ClH.Zr/c1-2-4-10-6-11(5-9(10)3-1)14-7-12-13-8-14;1-2-3-6-9-7-4-5-8-9;;;/h1-8H;4,7H,2-3,5-6H2,1H3;2*1H;/q;;;;+2/p-2. The monoisotopic (exact) mass is 463 g/mol. The van der Waals surface area contributed by atoms with Gasteiger partial charge < -0.3 is 24.8 Å². The molecule has 2 aliphatic rings. The van der Waals surface area contributed by atoms with E-state index in [0.29, 0.717) is 3.63 Å². The van der Waals surface area contributed by atoms with Gasteiger partial charge in [0.25, 0.3) is 0 Å². The first-order chi connectivity index (χ1) is 11.9. The van der Waals surface area contributed by atoms with Gasteiger partial charge in [0.2, 0.25) is 0 Å². The van der Waals surface area contributed by atoms with Gasteiger partial charge in [-0.3, -0.25) is 0 Å². The number of hydrogen-bond donors (Lipinski definition) is 0. The first kappa shape index (κ1) is 21.3. The van der Waals surface area contributed by atoms with Crippen LogP contribution in [-0.4, -0.2) is 14.8 Å². The Morgan fingerprint density at radius 2 is 1.92 bits per heavy atom. The summed E-state index contributed by atoms with van der Waals surface area (Å²) in [5.41, 5.74) is 5.87. The van der Waals surface area contributed by atoms with Crippen molar-refractivity contribution in [3.8, 4) is 0 Å². The summed E-state index contributed by atoms with van der Waals surface area (Å²) < 4.78 is 4.44. The second-order valence-electron chi connectivity index (χ2n) is 6.36. The molecule has 0 amide bonds. The van der Waals surface area contributed by atoms with Crippen LogP contribution in [0.25, 0.3) is 11.8 Å². The Kier molecular flexibility index (Phi) is 8.07. The van der Waals surface area contributed by atoms with Crippen molar-refractivity contribution < 1.29 is 48.0 Å². The molecule has 0 aliphatic heterocycles. The van der Waals surface area contributed by atoms with E-state index in [9.17, 15) is 0 Å². The molecule has 0 N–H and O–H groups in total. The fraction of sp³-hybridized carbons (Fsp3) is 0.300. The average molecular weight is 466 g/mol. The molecule has 0 spiro atoms. The van der Waals surface area contributed by atoms with Crippen molar-refractivity contribution in [2.75, 3.05) is 0 Å². The van der Waals surface area contributed by atoms with Crippen LogP contribution in [0.15, 0.2) is 57.9 Å². The number of aromatic nitrogens is 3. The molecule has 2 aliphatic carbocycles. The Balaban J connectivity index is 0.00000121. The molecule has 4 rings (SSSR count). The number of hydrogen-bond acceptors (Lipinski definition) is 2. The van der Waals surface area contributed by atoms with Crippen LogP contribution in [0.2, 0.25) is 0 Å². The van der Waals surface area contributed by atoms with Gasteiger partial charge in [0, 0.05) is 0 Å². The Morgan fingerprint density at radius 1 is 1.15 bits per heavy atom. The van der Waals surface area contributed by atoms with Crippen LogP contribution in [0.1, 0.15) is 47.4 Å². The summed E-state index contributed by atoms with van der Waals surface area (Å²) in [5, 5.41) is 8.04. The molecule has 1 aromatic carbocycles. The van der Waals surface area contributed by atoms with E-state index in [2.05, 4.69) is 64.2 Å². The number of allylic oxidation sites excluding steroid dienone is 5. The van der Waals surface area contributed by atoms with Crippen LogP contribution in [0, 0.1) is 0 Å². The minimum absolute atomic E-state index is 0. The van der Waals surface area contributed by atoms with Crippen LogP contribution in [0.5, 0.6) is 0 Å². The van der Waals surface area contributed by atoms with Gasteiger partial charge in [-0.15, -0.1) is 0 Å². The third-order valence-corrected chi connectivity index (χ3v) is 9.12. The van der Waals surface area contributed by atoms with E-state index in [1.807, 2.05) is 12.7 Å². The van der Waals surface area contributed by atoms with Gasteiger partial charge in [-0.25, -0.2) is 0 Å². The van der Waals surface area contributed by atoms with Gasteiger partial charge in [-0.2, -0.15) is 0 Å². The number of nitrogens with zero attached hydrogens (tertiary/aromatic N) is 3. The number of unbranched alkanes of at least 4 members (excludes halogenated alkanes) is 1. The smallest absolute Gasteiger partial charge is 1.00 e. The zero-order valence-corrected chi connectivity index (χ0v) is 18.7. The molecule has 1 heterocycles. The topological polar surface area (TPSA) is 30.7 Å². The summed E-state index contributed by atoms with van der Waals surface area (Å²) in [6.45, 7) is 2.28. The summed E-state index contributed by atoms with van der Waals surface area (Å²) >= 11 is -0.755. The summed E-state index contributed by atoms with van der Waals surface area (Å²) in [6.07, 6.45) is 15.8. The molecule has 0 radical (unpaired) electrons. The minimum Gasteiger partial charge on any atom is -1.00 e. The van der Waals surface area contributed by atoms with Gasteiger partial charge in [0.05, 0.1) is 0 Å². The maximum absolute atomic E-state index is 4.02. The van der Waals surface area contributed by atoms with E-state index < -0.39 is 23.2 Å². The maximum Gasteiger partial charge on any atom is -1.00 e. The van der Waals surface area contributed by atoms with Gasteiger partial charge >= 0.3 is 155 Å². The van der Waals surface area contributed by atoms with Crippen molar-refractivity contribution in [1.82, 2.24) is 14.8 Å². The SMILES string of the molecule is CCCCC1=[C]([Zr+2][CH]2C(n3cnnc3)=Cc3ccccc32)CC=C1.[Cl-].[Cl-]. The quantitative estimate of drug-likeness (QED) is 0.538. The van der Waals surface area contributed by atoms with Crippen molar-refractivity contribution in [1.29, 1.82) is 0 Å². The Bertz CT molecular complexity index is 825. The molecular formula is C20H21Cl2N3Zr. The molecular weight excluding hydrogens is 444 g/mol. The molecule has 1 atom stereocenters. The molecule has 2 aromatic rings. The van der Waals surface area contributed by atoms with Crippen LogP contribution >= 0.6 is 0 Å². The Labute approximate surface area is 179 Å². The predicted octanol–water partition coefficient (Wildman–Crippen LogP) is -1.17. The first-order valence-corrected chi connectivity index (χ1v) is 11.3. The van der Waals surface area contributed by atoms with Crippen molar-refractivity contribution in [2.24, 2.45) is 0 Å². The predicted molar refractivity (Wildman–Crippen MR) is 93.7 cm³/mol. The summed E-state index contributed by atoms with van der Waals surface area (Å²) in [7, 11) is 0. The van der Waals surface area contributed by atoms with E-state index >= 15 is 0 Å². The zero-order chi connectivity index (χ0) is 16.4. The minimum atomic E-state index is -0.755. The number of benzene rings is 1. The van der Waals surface area contributed by atoms with Gasteiger partial charge in [0.1, 0.15) is 0 Å². The van der Waals surface area contributed by atoms with Crippen LogP contribution in [-0.2, 0) is 23.2 Å². The third kappa shape index (κ3) is 4.30. The summed E-state index contributed by atoms with van der Waals surface area (Å²) in [5.74, 6) is 0. The van der Waals surface area contributed by atoms with Crippen molar-refractivity contribution in [3.05, 3.63) is 69.1 Å². The average Bonchev–Trinajstić information content (AvgIpc) is 3.34. The van der Waals surface area contributed by atoms with E-state index in [1.165, 1.54) is 42.5 Å². The van der Waals surface area contributed by atoms with Gasteiger partial charge in [-0.05, 0) is 0 Å². The molecule has 0 saturated carbocycles. The normalized spacial score (nSPS) is 17.3. The van der Waals surface area contributed by atoms with Gasteiger partial charge in [-0.1, -0.05) is 0 Å². The first-order valence-electron chi connectivity index (χ1n) is 8.67. The number of fused-ring (bicyclic) bond motifs is 1. The Hall–Kier alpha value is -0.957. The van der Waals surface area contributed by atoms with Crippen molar-refractivity contribution >= 4 is 11.8 Å². The molecule has 1 unspecified atom stereocenters. The largest absolute Gasteiger partial charge is 1.00 e. The molecule has 0 fully saturated rings. The fourth-order valence-electron chi connectivity index (χ4n) is 3.49. The van der Waals surface area contributed by atoms with Crippen molar-refractivity contribution in [3.63, 3.8) is 0 Å². The molecule has 3 nitrogen and oxygen atoms in total. The number of rotatable bonds is 6. The summed E-state index contributed by atoms with van der Waals surface area (Å²) in [4.78, 5) is 0. The zero-order valence-electron chi connectivity index (χ0n) is 14.7. The maximum atomic E-state index is 4.02. The molecule has 6 heteroatoms. The van der Waals surface area contributed by atoms with Gasteiger partial charge in [0.15, 0.2) is 0 Å². The molecule has 134 valence electrons. The van der Waals surface area contributed by atoms with Crippen LogP contribution in [0.3, 0.4) is 0 Å².